The van der Waals surface area contributed by atoms with Gasteiger partial charge >= 0.3 is 29.8 Å². The van der Waals surface area contributed by atoms with E-state index in [9.17, 15) is 34.2 Å². The summed E-state index contributed by atoms with van der Waals surface area (Å²) in [6, 6.07) is 0. The van der Waals surface area contributed by atoms with Crippen molar-refractivity contribution in [3.63, 3.8) is 0 Å². The second kappa shape index (κ2) is 12.6. The molecule has 1 aliphatic rings. The molecule has 0 radical (unpaired) electrons. The molecule has 0 amide bonds. The molecule has 0 aromatic heterocycles. The van der Waals surface area contributed by atoms with Crippen molar-refractivity contribution < 1.29 is 53.1 Å². The minimum atomic E-state index is -2.11. The van der Waals surface area contributed by atoms with Gasteiger partial charge in [0.25, 0.3) is 0 Å². The van der Waals surface area contributed by atoms with Crippen molar-refractivity contribution in [3.05, 3.63) is 0 Å². The molecule has 1 rings (SSSR count). The predicted molar refractivity (Wildman–Crippen MR) is 105 cm³/mol. The summed E-state index contributed by atoms with van der Waals surface area (Å²) < 4.78 is 20.0. The zero-order valence-corrected chi connectivity index (χ0v) is 17.9. The van der Waals surface area contributed by atoms with E-state index in [2.05, 4.69) is 25.3 Å². The van der Waals surface area contributed by atoms with E-state index in [0.29, 0.717) is 6.42 Å². The standard InChI is InChI=1S/C17H24O11S2/c1-2-3-25-15(22)8-9(13(18)19)11(14(20)21)28-12(17(24)27-5-7-30)10(8)16(23)26-4-6-29/h8-12,29-30H,2-7H2,1H3,(H,18,19)(H,20,21). The summed E-state index contributed by atoms with van der Waals surface area (Å²) in [6.45, 7) is 1.19. The maximum atomic E-state index is 12.7. The lowest BCUT2D eigenvalue weighted by Gasteiger charge is -2.40. The van der Waals surface area contributed by atoms with Gasteiger partial charge in [-0.15, -0.1) is 0 Å². The third-order valence-corrected chi connectivity index (χ3v) is 4.51. The molecular formula is C17H24O11S2. The fraction of sp³-hybridized carbons (Fsp3) is 0.706. The van der Waals surface area contributed by atoms with Crippen molar-refractivity contribution in [1.29, 1.82) is 0 Å². The number of ether oxygens (including phenoxy) is 4. The van der Waals surface area contributed by atoms with Gasteiger partial charge in [-0.25, -0.2) is 9.59 Å². The van der Waals surface area contributed by atoms with Gasteiger partial charge in [0.05, 0.1) is 12.5 Å². The Kier molecular flexibility index (Phi) is 11.0. The summed E-state index contributed by atoms with van der Waals surface area (Å²) in [4.78, 5) is 61.3. The molecule has 0 spiro atoms. The van der Waals surface area contributed by atoms with Gasteiger partial charge in [-0.2, -0.15) is 25.3 Å². The zero-order valence-electron chi connectivity index (χ0n) is 16.1. The number of hydrogen-bond acceptors (Lipinski definition) is 11. The molecule has 0 saturated carbocycles. The van der Waals surface area contributed by atoms with E-state index in [1.807, 2.05) is 0 Å². The molecule has 13 heteroatoms. The number of hydrogen-bond donors (Lipinski definition) is 4. The molecule has 1 heterocycles. The Balaban J connectivity index is 3.49. The first kappa shape index (κ1) is 26.0. The van der Waals surface area contributed by atoms with Crippen LogP contribution in [0.1, 0.15) is 13.3 Å². The van der Waals surface area contributed by atoms with Gasteiger partial charge in [0.1, 0.15) is 25.0 Å². The molecule has 0 aliphatic carbocycles. The van der Waals surface area contributed by atoms with Crippen molar-refractivity contribution in [2.24, 2.45) is 17.8 Å². The molecule has 30 heavy (non-hydrogen) atoms. The van der Waals surface area contributed by atoms with Crippen molar-refractivity contribution in [2.75, 3.05) is 31.3 Å². The number of thiol groups is 2. The lowest BCUT2D eigenvalue weighted by Crippen LogP contribution is -2.60. The summed E-state index contributed by atoms with van der Waals surface area (Å²) in [5, 5.41) is 19.0. The Labute approximate surface area is 183 Å². The van der Waals surface area contributed by atoms with Gasteiger partial charge in [0.15, 0.2) is 12.2 Å². The number of carbonyl (C=O) groups excluding carboxylic acids is 3. The number of esters is 3. The lowest BCUT2D eigenvalue weighted by molar-refractivity contribution is -0.214. The molecule has 0 aromatic rings. The maximum Gasteiger partial charge on any atom is 0.336 e. The molecular weight excluding hydrogens is 444 g/mol. The quantitative estimate of drug-likeness (QED) is 0.178. The molecule has 2 N–H and O–H groups in total. The molecule has 0 bridgehead atoms. The van der Waals surface area contributed by atoms with Gasteiger partial charge < -0.3 is 29.2 Å². The molecule has 11 nitrogen and oxygen atoms in total. The average molecular weight is 469 g/mol. The number of carboxylic acids is 2. The van der Waals surface area contributed by atoms with E-state index in [4.69, 9.17) is 18.9 Å². The largest absolute Gasteiger partial charge is 0.481 e. The Morgan fingerprint density at radius 1 is 0.733 bits per heavy atom. The molecule has 1 aliphatic heterocycles. The first-order valence-corrected chi connectivity index (χ1v) is 10.3. The fourth-order valence-corrected chi connectivity index (χ4v) is 3.14. The lowest BCUT2D eigenvalue weighted by atomic mass is 9.73. The van der Waals surface area contributed by atoms with Gasteiger partial charge in [0.2, 0.25) is 0 Å². The highest BCUT2D eigenvalue weighted by atomic mass is 32.1. The van der Waals surface area contributed by atoms with Gasteiger partial charge in [-0.3, -0.25) is 14.4 Å². The summed E-state index contributed by atoms with van der Waals surface area (Å²) in [5.74, 6) is -12.3. The normalized spacial score (nSPS) is 25.8. The third-order valence-electron chi connectivity index (χ3n) is 4.14. The highest BCUT2D eigenvalue weighted by molar-refractivity contribution is 7.80. The van der Waals surface area contributed by atoms with Crippen molar-refractivity contribution in [2.45, 2.75) is 25.6 Å². The monoisotopic (exact) mass is 468 g/mol. The van der Waals surface area contributed by atoms with E-state index < -0.39 is 59.8 Å². The Bertz CT molecular complexity index is 654. The van der Waals surface area contributed by atoms with E-state index in [1.54, 1.807) is 6.92 Å². The second-order valence-corrected chi connectivity index (χ2v) is 7.08. The average Bonchev–Trinajstić information content (AvgIpc) is 2.71. The van der Waals surface area contributed by atoms with E-state index in [0.717, 1.165) is 0 Å². The van der Waals surface area contributed by atoms with Crippen LogP contribution in [0.2, 0.25) is 0 Å². The number of carboxylic acid groups (broad SMARTS) is 2. The molecule has 5 unspecified atom stereocenters. The van der Waals surface area contributed by atoms with Crippen LogP contribution in [0.5, 0.6) is 0 Å². The predicted octanol–water partition coefficient (Wildman–Crippen LogP) is -0.329. The van der Waals surface area contributed by atoms with Gasteiger partial charge in [-0.05, 0) is 6.42 Å². The highest BCUT2D eigenvalue weighted by Gasteiger charge is 2.60. The van der Waals surface area contributed by atoms with Crippen LogP contribution in [-0.4, -0.2) is 83.6 Å². The molecule has 5 atom stereocenters. The maximum absolute atomic E-state index is 12.7. The van der Waals surface area contributed by atoms with Crippen LogP contribution in [0.3, 0.4) is 0 Å². The SMILES string of the molecule is CCCOC(=O)C1C(C(=O)O)C(C(=O)O)OC(C(=O)OCCS)C1C(=O)OCCS. The highest BCUT2D eigenvalue weighted by Crippen LogP contribution is 2.38. The van der Waals surface area contributed by atoms with E-state index >= 15 is 0 Å². The van der Waals surface area contributed by atoms with Gasteiger partial charge in [-0.1, -0.05) is 6.92 Å². The third kappa shape index (κ3) is 6.51. The summed E-state index contributed by atoms with van der Waals surface area (Å²) in [7, 11) is 0. The summed E-state index contributed by atoms with van der Waals surface area (Å²) >= 11 is 7.78. The van der Waals surface area contributed by atoms with Gasteiger partial charge in [0, 0.05) is 11.5 Å². The Morgan fingerprint density at radius 3 is 1.70 bits per heavy atom. The Hall–Kier alpha value is -1.99. The topological polar surface area (TPSA) is 163 Å². The number of rotatable bonds is 11. The van der Waals surface area contributed by atoms with Crippen LogP contribution in [0.25, 0.3) is 0 Å². The Morgan fingerprint density at radius 2 is 1.23 bits per heavy atom. The fourth-order valence-electron chi connectivity index (χ4n) is 2.96. The van der Waals surface area contributed by atoms with Crippen LogP contribution in [-0.2, 0) is 42.9 Å². The van der Waals surface area contributed by atoms with E-state index in [1.165, 1.54) is 0 Å². The van der Waals surface area contributed by atoms with Crippen LogP contribution < -0.4 is 0 Å². The zero-order chi connectivity index (χ0) is 22.8. The van der Waals surface area contributed by atoms with Crippen LogP contribution >= 0.6 is 25.3 Å². The first-order valence-electron chi connectivity index (χ1n) is 9.03. The molecule has 1 saturated heterocycles. The van der Waals surface area contributed by atoms with Crippen molar-refractivity contribution in [3.8, 4) is 0 Å². The second-order valence-electron chi connectivity index (χ2n) is 6.18. The minimum Gasteiger partial charge on any atom is -0.481 e. The number of carbonyl (C=O) groups is 5. The summed E-state index contributed by atoms with van der Waals surface area (Å²) in [5.41, 5.74) is 0. The van der Waals surface area contributed by atoms with Crippen molar-refractivity contribution in [1.82, 2.24) is 0 Å². The van der Waals surface area contributed by atoms with Crippen LogP contribution in [0.4, 0.5) is 0 Å². The van der Waals surface area contributed by atoms with Crippen molar-refractivity contribution >= 4 is 55.1 Å². The minimum absolute atomic E-state index is 0.104. The molecule has 0 aromatic carbocycles. The van der Waals surface area contributed by atoms with E-state index in [-0.39, 0.29) is 31.3 Å². The first-order chi connectivity index (χ1) is 14.2. The van der Waals surface area contributed by atoms with Crippen LogP contribution in [0, 0.1) is 17.8 Å². The van der Waals surface area contributed by atoms with Crippen LogP contribution in [0.15, 0.2) is 0 Å². The molecule has 1 fully saturated rings. The summed E-state index contributed by atoms with van der Waals surface area (Å²) in [6.07, 6.45) is -3.62. The molecule has 170 valence electrons. The smallest absolute Gasteiger partial charge is 0.336 e. The number of aliphatic carboxylic acids is 2.